The Morgan fingerprint density at radius 1 is 1.07 bits per heavy atom. The SMILES string of the molecule is CC(=O)N1CCc2nc([C@@H]3CCCN3CC(=O)N3CCCCC3)ncc2C1. The van der Waals surface area contributed by atoms with Gasteiger partial charge in [-0.2, -0.15) is 0 Å². The molecule has 0 aromatic carbocycles. The van der Waals surface area contributed by atoms with Gasteiger partial charge in [0.05, 0.1) is 18.3 Å². The Labute approximate surface area is 160 Å². The molecule has 0 aliphatic carbocycles. The number of rotatable bonds is 3. The predicted molar refractivity (Wildman–Crippen MR) is 101 cm³/mol. The lowest BCUT2D eigenvalue weighted by molar-refractivity contribution is -0.133. The summed E-state index contributed by atoms with van der Waals surface area (Å²) in [7, 11) is 0. The lowest BCUT2D eigenvalue weighted by Crippen LogP contribution is -2.42. The molecule has 7 nitrogen and oxygen atoms in total. The van der Waals surface area contributed by atoms with Gasteiger partial charge in [0.1, 0.15) is 5.82 Å². The highest BCUT2D eigenvalue weighted by atomic mass is 16.2. The second kappa shape index (κ2) is 7.92. The Morgan fingerprint density at radius 2 is 1.89 bits per heavy atom. The molecule has 4 rings (SSSR count). The van der Waals surface area contributed by atoms with Crippen LogP contribution in [0.2, 0.25) is 0 Å². The molecule has 2 amide bonds. The zero-order valence-corrected chi connectivity index (χ0v) is 16.2. The lowest BCUT2D eigenvalue weighted by Gasteiger charge is -2.31. The average Bonchev–Trinajstić information content (AvgIpc) is 3.15. The molecule has 2 saturated heterocycles. The van der Waals surface area contributed by atoms with Crippen LogP contribution in [0.1, 0.15) is 62.2 Å². The molecule has 0 unspecified atom stereocenters. The molecule has 3 aliphatic heterocycles. The van der Waals surface area contributed by atoms with E-state index in [1.54, 1.807) is 6.92 Å². The van der Waals surface area contributed by atoms with E-state index in [4.69, 9.17) is 4.98 Å². The van der Waals surface area contributed by atoms with E-state index in [2.05, 4.69) is 9.88 Å². The van der Waals surface area contributed by atoms with Crippen LogP contribution in [0.25, 0.3) is 0 Å². The highest BCUT2D eigenvalue weighted by Gasteiger charge is 2.32. The van der Waals surface area contributed by atoms with Crippen molar-refractivity contribution >= 4 is 11.8 Å². The van der Waals surface area contributed by atoms with Crippen LogP contribution in [-0.2, 0) is 22.6 Å². The van der Waals surface area contributed by atoms with Gasteiger partial charge in [0, 0.05) is 51.3 Å². The molecule has 1 atom stereocenters. The number of nitrogens with zero attached hydrogens (tertiary/aromatic N) is 5. The molecule has 0 N–H and O–H groups in total. The third-order valence-electron chi connectivity index (χ3n) is 6.11. The van der Waals surface area contributed by atoms with Gasteiger partial charge in [-0.1, -0.05) is 0 Å². The number of carbonyl (C=O) groups is 2. The highest BCUT2D eigenvalue weighted by Crippen LogP contribution is 2.30. The van der Waals surface area contributed by atoms with Gasteiger partial charge in [0.25, 0.3) is 0 Å². The molecule has 0 bridgehead atoms. The number of fused-ring (bicyclic) bond motifs is 1. The Morgan fingerprint density at radius 3 is 2.67 bits per heavy atom. The first kappa shape index (κ1) is 18.3. The minimum Gasteiger partial charge on any atom is -0.342 e. The second-order valence-corrected chi connectivity index (χ2v) is 7.96. The summed E-state index contributed by atoms with van der Waals surface area (Å²) in [6.45, 7) is 6.15. The second-order valence-electron chi connectivity index (χ2n) is 7.96. The van der Waals surface area contributed by atoms with E-state index in [1.165, 1.54) is 6.42 Å². The van der Waals surface area contributed by atoms with Crippen molar-refractivity contribution in [3.8, 4) is 0 Å². The number of carbonyl (C=O) groups excluding carboxylic acids is 2. The molecule has 146 valence electrons. The van der Waals surface area contributed by atoms with Gasteiger partial charge in [0.2, 0.25) is 11.8 Å². The molecular formula is C20H29N5O2. The fourth-order valence-corrected chi connectivity index (χ4v) is 4.49. The van der Waals surface area contributed by atoms with E-state index in [0.29, 0.717) is 13.1 Å². The summed E-state index contributed by atoms with van der Waals surface area (Å²) >= 11 is 0. The highest BCUT2D eigenvalue weighted by molar-refractivity contribution is 5.78. The molecule has 2 fully saturated rings. The summed E-state index contributed by atoms with van der Waals surface area (Å²) in [6, 6.07) is 0.134. The number of piperidine rings is 1. The summed E-state index contributed by atoms with van der Waals surface area (Å²) < 4.78 is 0. The van der Waals surface area contributed by atoms with Gasteiger partial charge in [-0.15, -0.1) is 0 Å². The van der Waals surface area contributed by atoms with E-state index in [-0.39, 0.29) is 17.9 Å². The van der Waals surface area contributed by atoms with Crippen LogP contribution in [-0.4, -0.2) is 69.2 Å². The Kier molecular flexibility index (Phi) is 5.38. The molecule has 1 aromatic heterocycles. The maximum Gasteiger partial charge on any atom is 0.236 e. The largest absolute Gasteiger partial charge is 0.342 e. The Bertz CT molecular complexity index is 716. The number of hydrogen-bond acceptors (Lipinski definition) is 5. The maximum absolute atomic E-state index is 12.7. The summed E-state index contributed by atoms with van der Waals surface area (Å²) in [5, 5.41) is 0. The normalized spacial score (nSPS) is 23.4. The zero-order valence-electron chi connectivity index (χ0n) is 16.2. The van der Waals surface area contributed by atoms with Crippen LogP contribution < -0.4 is 0 Å². The average molecular weight is 371 g/mol. The molecule has 3 aliphatic rings. The molecule has 7 heteroatoms. The third-order valence-corrected chi connectivity index (χ3v) is 6.11. The summed E-state index contributed by atoms with van der Waals surface area (Å²) in [6.07, 6.45) is 8.24. The van der Waals surface area contributed by atoms with Crippen LogP contribution in [0.15, 0.2) is 6.20 Å². The molecule has 0 saturated carbocycles. The molecule has 27 heavy (non-hydrogen) atoms. The van der Waals surface area contributed by atoms with E-state index in [1.807, 2.05) is 16.0 Å². The van der Waals surface area contributed by atoms with Crippen molar-refractivity contribution in [3.05, 3.63) is 23.3 Å². The van der Waals surface area contributed by atoms with Crippen molar-refractivity contribution in [1.82, 2.24) is 24.7 Å². The predicted octanol–water partition coefficient (Wildman–Crippen LogP) is 1.53. The number of aromatic nitrogens is 2. The summed E-state index contributed by atoms with van der Waals surface area (Å²) in [5.74, 6) is 1.19. The van der Waals surface area contributed by atoms with Crippen LogP contribution in [0.3, 0.4) is 0 Å². The van der Waals surface area contributed by atoms with Crippen molar-refractivity contribution in [2.45, 2.75) is 58.0 Å². The minimum atomic E-state index is 0.0999. The van der Waals surface area contributed by atoms with Crippen LogP contribution in [0.4, 0.5) is 0 Å². The molecule has 1 aromatic rings. The fraction of sp³-hybridized carbons (Fsp3) is 0.700. The van der Waals surface area contributed by atoms with Crippen molar-refractivity contribution < 1.29 is 9.59 Å². The van der Waals surface area contributed by atoms with Gasteiger partial charge in [-0.25, -0.2) is 9.97 Å². The smallest absolute Gasteiger partial charge is 0.236 e. The molecule has 0 spiro atoms. The van der Waals surface area contributed by atoms with Crippen LogP contribution in [0, 0.1) is 0 Å². The first-order chi connectivity index (χ1) is 13.1. The van der Waals surface area contributed by atoms with E-state index >= 15 is 0 Å². The molecule has 0 radical (unpaired) electrons. The zero-order chi connectivity index (χ0) is 18.8. The first-order valence-corrected chi connectivity index (χ1v) is 10.2. The first-order valence-electron chi connectivity index (χ1n) is 10.2. The van der Waals surface area contributed by atoms with Crippen molar-refractivity contribution in [1.29, 1.82) is 0 Å². The monoisotopic (exact) mass is 371 g/mol. The molecule has 4 heterocycles. The van der Waals surface area contributed by atoms with Gasteiger partial charge in [0.15, 0.2) is 0 Å². The standard InChI is InChI=1S/C20H29N5O2/c1-15(26)24-11-7-17-16(13-24)12-21-20(22-17)18-6-5-10-25(18)14-19(27)23-8-3-2-4-9-23/h12,18H,2-11,13-14H2,1H3/t18-/m0/s1. The number of hydrogen-bond donors (Lipinski definition) is 0. The van der Waals surface area contributed by atoms with E-state index in [9.17, 15) is 9.59 Å². The fourth-order valence-electron chi connectivity index (χ4n) is 4.49. The number of amides is 2. The summed E-state index contributed by atoms with van der Waals surface area (Å²) in [4.78, 5) is 39.8. The van der Waals surface area contributed by atoms with Crippen molar-refractivity contribution in [3.63, 3.8) is 0 Å². The van der Waals surface area contributed by atoms with E-state index < -0.39 is 0 Å². The Hall–Kier alpha value is -2.02. The molecular weight excluding hydrogens is 342 g/mol. The lowest BCUT2D eigenvalue weighted by atomic mass is 10.1. The topological polar surface area (TPSA) is 69.6 Å². The van der Waals surface area contributed by atoms with Crippen molar-refractivity contribution in [2.24, 2.45) is 0 Å². The van der Waals surface area contributed by atoms with Crippen molar-refractivity contribution in [2.75, 3.05) is 32.7 Å². The van der Waals surface area contributed by atoms with Crippen LogP contribution >= 0.6 is 0 Å². The van der Waals surface area contributed by atoms with Gasteiger partial charge >= 0.3 is 0 Å². The Balaban J connectivity index is 1.44. The van der Waals surface area contributed by atoms with Gasteiger partial charge < -0.3 is 9.80 Å². The quantitative estimate of drug-likeness (QED) is 0.806. The van der Waals surface area contributed by atoms with Gasteiger partial charge in [-0.3, -0.25) is 14.5 Å². The third kappa shape index (κ3) is 3.98. The van der Waals surface area contributed by atoms with Crippen LogP contribution in [0.5, 0.6) is 0 Å². The summed E-state index contributed by atoms with van der Waals surface area (Å²) in [5.41, 5.74) is 2.11. The van der Waals surface area contributed by atoms with Gasteiger partial charge in [-0.05, 0) is 38.6 Å². The van der Waals surface area contributed by atoms with E-state index in [0.717, 1.165) is 75.4 Å². The minimum absolute atomic E-state index is 0.0999. The maximum atomic E-state index is 12.7. The number of likely N-dealkylation sites (tertiary alicyclic amines) is 2.